The quantitative estimate of drug-likeness (QED) is 0.132. The van der Waals surface area contributed by atoms with Gasteiger partial charge in [0.15, 0.2) is 6.29 Å². The highest BCUT2D eigenvalue weighted by Crippen LogP contribution is 2.40. The fraction of sp³-hybridized carbons (Fsp3) is 0.971. The number of carbonyl (C=O) groups excluding carboxylic acids is 1. The van der Waals surface area contributed by atoms with Gasteiger partial charge in [0.1, 0.15) is 23.9 Å². The van der Waals surface area contributed by atoms with E-state index in [1.807, 2.05) is 32.8 Å². The molecule has 14 atom stereocenters. The van der Waals surface area contributed by atoms with Crippen LogP contribution in [0.5, 0.6) is 0 Å². The lowest BCUT2D eigenvalue weighted by Gasteiger charge is -2.49. The Morgan fingerprint density at radius 2 is 1.68 bits per heavy atom. The van der Waals surface area contributed by atoms with E-state index in [4.69, 9.17) is 14.2 Å². The van der Waals surface area contributed by atoms with Gasteiger partial charge in [-0.3, -0.25) is 4.79 Å². The van der Waals surface area contributed by atoms with Crippen LogP contribution in [0.2, 0.25) is 0 Å². The molecule has 0 saturated carbocycles. The third-order valence-electron chi connectivity index (χ3n) is 10.8. The van der Waals surface area contributed by atoms with E-state index in [-0.39, 0.29) is 37.5 Å². The molecule has 0 aromatic heterocycles. The van der Waals surface area contributed by atoms with E-state index in [2.05, 4.69) is 17.6 Å². The molecule has 7 N–H and O–H groups in total. The largest absolute Gasteiger partial charge is 0.459 e. The minimum atomic E-state index is -1.80. The number of carbonyl (C=O) groups is 1. The molecule has 0 amide bonds. The number of hydrogen-bond acceptors (Lipinski definition) is 12. The zero-order chi connectivity index (χ0) is 35.9. The number of esters is 1. The van der Waals surface area contributed by atoms with Gasteiger partial charge in [-0.25, -0.2) is 0 Å². The van der Waals surface area contributed by atoms with Crippen molar-refractivity contribution in [3.8, 4) is 0 Å². The number of ether oxygens (including phenoxy) is 3. The number of nitrogens with zero attached hydrogens (tertiary/aromatic N) is 1. The highest BCUT2D eigenvalue weighted by atomic mass is 16.7. The summed E-state index contributed by atoms with van der Waals surface area (Å²) in [6, 6.07) is -0.827. The number of nitrogens with one attached hydrogen (secondary N) is 2. The molecule has 2 aliphatic heterocycles. The molecule has 2 fully saturated rings. The summed E-state index contributed by atoms with van der Waals surface area (Å²) < 4.78 is 18.6. The van der Waals surface area contributed by atoms with Gasteiger partial charge in [-0.15, -0.1) is 0 Å². The van der Waals surface area contributed by atoms with Crippen LogP contribution in [0.3, 0.4) is 0 Å². The maximum absolute atomic E-state index is 13.9. The van der Waals surface area contributed by atoms with Crippen LogP contribution in [0.4, 0.5) is 0 Å². The van der Waals surface area contributed by atoms with Crippen LogP contribution in [-0.4, -0.2) is 136 Å². The number of aliphatic hydroxyl groups excluding tert-OH is 2. The zero-order valence-corrected chi connectivity index (χ0v) is 31.0. The summed E-state index contributed by atoms with van der Waals surface area (Å²) in [5.74, 6) is -2.90. The highest BCUT2D eigenvalue weighted by molar-refractivity contribution is 5.74. The first-order valence-electron chi connectivity index (χ1n) is 17.9. The summed E-state index contributed by atoms with van der Waals surface area (Å²) >= 11 is 0. The predicted octanol–water partition coefficient (Wildman–Crippen LogP) is 1.78. The molecule has 2 rings (SSSR count). The summed E-state index contributed by atoms with van der Waals surface area (Å²) in [5, 5.41) is 65.6. The number of rotatable bonds is 10. The average Bonchev–Trinajstić information content (AvgIpc) is 2.99. The van der Waals surface area contributed by atoms with Crippen molar-refractivity contribution in [3.05, 3.63) is 0 Å². The van der Waals surface area contributed by atoms with E-state index in [1.165, 1.54) is 6.92 Å². The van der Waals surface area contributed by atoms with Crippen molar-refractivity contribution in [3.63, 3.8) is 0 Å². The van der Waals surface area contributed by atoms with Crippen molar-refractivity contribution < 1.29 is 44.5 Å². The van der Waals surface area contributed by atoms with Crippen LogP contribution in [0.1, 0.15) is 101 Å². The van der Waals surface area contributed by atoms with Gasteiger partial charge in [-0.2, -0.15) is 0 Å². The SMILES string of the molecule is CCCCCNC[C@]1(O)C(C)C(=O)O[C@H](CC)[C@@](C)(O)[C@H](O)[C@@H](C)NC[C@H](C)C[C@](C)(O)[C@H](O[C@@H]2O[C@H](C)C[C@H](N(C)C)[C@H]2O)[C@H]1C. The van der Waals surface area contributed by atoms with Gasteiger partial charge in [0.05, 0.1) is 29.3 Å². The standard InChI is InChI=1S/C35H69N3O9/c1-12-14-15-16-36-20-35(44)23(5)30(47-32-28(39)26(38(10)11)17-22(4)45-32)33(8,42)18-21(3)19-37-25(7)29(40)34(9,43)27(13-2)46-31(41)24(35)6/h21-30,32,36-37,39-40,42-44H,12-20H2,1-11H3/t21-,22-,23-,24?,25-,26+,27-,28-,29-,30-,32+,33+,34-,35-/m1/s1. The second-order valence-corrected chi connectivity index (χ2v) is 15.4. The second kappa shape index (κ2) is 17.8. The molecule has 12 heteroatoms. The van der Waals surface area contributed by atoms with Gasteiger partial charge < -0.3 is 55.3 Å². The van der Waals surface area contributed by atoms with Gasteiger partial charge >= 0.3 is 5.97 Å². The molecule has 0 spiro atoms. The molecular formula is C35H69N3O9. The molecule has 1 unspecified atom stereocenters. The summed E-state index contributed by atoms with van der Waals surface area (Å²) in [4.78, 5) is 15.9. The van der Waals surface area contributed by atoms with Gasteiger partial charge in [0.2, 0.25) is 0 Å². The lowest BCUT2D eigenvalue weighted by molar-refractivity contribution is -0.304. The van der Waals surface area contributed by atoms with Crippen LogP contribution in [0.15, 0.2) is 0 Å². The van der Waals surface area contributed by atoms with E-state index in [9.17, 15) is 30.3 Å². The van der Waals surface area contributed by atoms with Gasteiger partial charge in [-0.05, 0) is 93.4 Å². The average molecular weight is 676 g/mol. The maximum Gasteiger partial charge on any atom is 0.312 e. The second-order valence-electron chi connectivity index (χ2n) is 15.4. The molecule has 0 aromatic rings. The minimum Gasteiger partial charge on any atom is -0.459 e. The van der Waals surface area contributed by atoms with Gasteiger partial charge in [0.25, 0.3) is 0 Å². The van der Waals surface area contributed by atoms with Crippen LogP contribution in [0, 0.1) is 17.8 Å². The smallest absolute Gasteiger partial charge is 0.312 e. The molecule has 0 radical (unpaired) electrons. The molecular weight excluding hydrogens is 606 g/mol. The fourth-order valence-corrected chi connectivity index (χ4v) is 7.51. The summed E-state index contributed by atoms with van der Waals surface area (Å²) in [7, 11) is 3.77. The number of cyclic esters (lactones) is 1. The Labute approximate surface area is 283 Å². The monoisotopic (exact) mass is 676 g/mol. The first-order chi connectivity index (χ1) is 21.7. The molecule has 0 bridgehead atoms. The van der Waals surface area contributed by atoms with E-state index in [1.54, 1.807) is 34.6 Å². The highest BCUT2D eigenvalue weighted by Gasteiger charge is 2.54. The molecule has 0 aliphatic carbocycles. The topological polar surface area (TPSA) is 173 Å². The Hall–Kier alpha value is -0.930. The van der Waals surface area contributed by atoms with Crippen molar-refractivity contribution in [1.82, 2.24) is 15.5 Å². The number of likely N-dealkylation sites (N-methyl/N-ethyl adjacent to an activating group) is 1. The van der Waals surface area contributed by atoms with E-state index in [0.29, 0.717) is 19.5 Å². The van der Waals surface area contributed by atoms with Gasteiger partial charge in [0, 0.05) is 24.5 Å². The summed E-state index contributed by atoms with van der Waals surface area (Å²) in [6.07, 6.45) is -1.83. The molecule has 2 heterocycles. The van der Waals surface area contributed by atoms with Crippen LogP contribution in [0.25, 0.3) is 0 Å². The minimum absolute atomic E-state index is 0.00115. The first-order valence-corrected chi connectivity index (χ1v) is 17.9. The Kier molecular flexibility index (Phi) is 16.0. The van der Waals surface area contributed by atoms with Crippen LogP contribution in [-0.2, 0) is 19.0 Å². The Morgan fingerprint density at radius 3 is 2.26 bits per heavy atom. The maximum atomic E-state index is 13.9. The molecule has 0 aromatic carbocycles. The molecule has 2 aliphatic rings. The van der Waals surface area contributed by atoms with Crippen molar-refractivity contribution in [2.24, 2.45) is 17.8 Å². The molecule has 278 valence electrons. The van der Waals surface area contributed by atoms with E-state index < -0.39 is 71.4 Å². The third-order valence-corrected chi connectivity index (χ3v) is 10.8. The Balaban J connectivity index is 2.67. The van der Waals surface area contributed by atoms with Crippen molar-refractivity contribution >= 4 is 5.97 Å². The van der Waals surface area contributed by atoms with E-state index in [0.717, 1.165) is 19.3 Å². The molecule has 47 heavy (non-hydrogen) atoms. The summed E-state index contributed by atoms with van der Waals surface area (Å²) in [5.41, 5.74) is -5.15. The van der Waals surface area contributed by atoms with Crippen LogP contribution < -0.4 is 10.6 Å². The predicted molar refractivity (Wildman–Crippen MR) is 182 cm³/mol. The molecule has 12 nitrogen and oxygen atoms in total. The Bertz CT molecular complexity index is 953. The van der Waals surface area contributed by atoms with Crippen molar-refractivity contribution in [1.29, 1.82) is 0 Å². The molecule has 2 saturated heterocycles. The lowest BCUT2D eigenvalue weighted by atomic mass is 9.70. The van der Waals surface area contributed by atoms with Crippen molar-refractivity contribution in [2.75, 3.05) is 33.7 Å². The number of hydrogen-bond donors (Lipinski definition) is 7. The number of aliphatic hydroxyl groups is 5. The zero-order valence-electron chi connectivity index (χ0n) is 31.0. The van der Waals surface area contributed by atoms with Crippen molar-refractivity contribution in [2.45, 2.75) is 167 Å². The number of unbranched alkanes of at least 4 members (excludes halogenated alkanes) is 2. The third kappa shape index (κ3) is 10.5. The van der Waals surface area contributed by atoms with E-state index >= 15 is 0 Å². The summed E-state index contributed by atoms with van der Waals surface area (Å²) in [6.45, 7) is 16.9. The van der Waals surface area contributed by atoms with Crippen LogP contribution >= 0.6 is 0 Å². The fourth-order valence-electron chi connectivity index (χ4n) is 7.51. The lowest BCUT2D eigenvalue weighted by Crippen LogP contribution is -2.64. The normalized spacial score (nSPS) is 44.9. The van der Waals surface area contributed by atoms with Gasteiger partial charge in [-0.1, -0.05) is 40.5 Å². The Morgan fingerprint density at radius 1 is 1.04 bits per heavy atom. The first kappa shape index (κ1) is 42.2.